The van der Waals surface area contributed by atoms with Gasteiger partial charge < -0.3 is 15.8 Å². The summed E-state index contributed by atoms with van der Waals surface area (Å²) in [6.45, 7) is 0.481. The Morgan fingerprint density at radius 3 is 3.00 bits per heavy atom. The molecule has 0 spiro atoms. The van der Waals surface area contributed by atoms with Crippen molar-refractivity contribution in [2.75, 3.05) is 6.54 Å². The molecule has 1 aromatic rings. The van der Waals surface area contributed by atoms with Crippen molar-refractivity contribution in [2.24, 2.45) is 5.73 Å². The van der Waals surface area contributed by atoms with E-state index < -0.39 is 0 Å². The lowest BCUT2D eigenvalue weighted by Gasteiger charge is -2.18. The highest BCUT2D eigenvalue weighted by Gasteiger charge is 2.32. The fraction of sp³-hybridized carbons (Fsp3) is 0.533. The molecule has 1 unspecified atom stereocenters. The van der Waals surface area contributed by atoms with E-state index >= 15 is 0 Å². The monoisotopic (exact) mass is 294 g/mol. The van der Waals surface area contributed by atoms with E-state index in [2.05, 4.69) is 5.32 Å². The molecule has 0 bridgehead atoms. The number of aryl methyl sites for hydroxylation is 1. The molecule has 1 amide bonds. The third-order valence-corrected chi connectivity index (χ3v) is 4.40. The van der Waals surface area contributed by atoms with Gasteiger partial charge in [0.1, 0.15) is 6.10 Å². The van der Waals surface area contributed by atoms with Crippen LogP contribution in [0.3, 0.4) is 0 Å². The van der Waals surface area contributed by atoms with Crippen LogP contribution in [0, 0.1) is 0 Å². The number of fused-ring (bicyclic) bond motifs is 1. The maximum Gasteiger partial charge on any atom is 0.249 e. The zero-order chi connectivity index (χ0) is 14.1. The smallest absolute Gasteiger partial charge is 0.249 e. The summed E-state index contributed by atoms with van der Waals surface area (Å²) in [4.78, 5) is 12.2. The molecule has 1 aliphatic carbocycles. The van der Waals surface area contributed by atoms with Gasteiger partial charge >= 0.3 is 0 Å². The summed E-state index contributed by atoms with van der Waals surface area (Å²) >= 11 is 5.99. The minimum absolute atomic E-state index is 0.0197. The van der Waals surface area contributed by atoms with Crippen molar-refractivity contribution in [1.82, 2.24) is 5.32 Å². The molecule has 1 heterocycles. The minimum Gasteiger partial charge on any atom is -0.364 e. The quantitative estimate of drug-likeness (QED) is 0.895. The average molecular weight is 295 g/mol. The van der Waals surface area contributed by atoms with Crippen LogP contribution in [0.25, 0.3) is 0 Å². The van der Waals surface area contributed by atoms with Crippen LogP contribution in [0.5, 0.6) is 0 Å². The van der Waals surface area contributed by atoms with Crippen LogP contribution in [0.1, 0.15) is 36.4 Å². The predicted octanol–water partition coefficient (Wildman–Crippen LogP) is 1.95. The zero-order valence-corrected chi connectivity index (χ0v) is 12.0. The molecular formula is C15H19ClN2O2. The first-order chi connectivity index (χ1) is 9.67. The molecule has 0 radical (unpaired) electrons. The van der Waals surface area contributed by atoms with Crippen molar-refractivity contribution < 1.29 is 9.53 Å². The molecular weight excluding hydrogens is 276 g/mol. The predicted molar refractivity (Wildman–Crippen MR) is 77.6 cm³/mol. The number of amides is 1. The number of nitrogens with one attached hydrogen (secondary N) is 1. The summed E-state index contributed by atoms with van der Waals surface area (Å²) in [5, 5.41) is 3.84. The van der Waals surface area contributed by atoms with Gasteiger partial charge in [0.05, 0.1) is 12.1 Å². The molecule has 20 heavy (non-hydrogen) atoms. The van der Waals surface area contributed by atoms with Gasteiger partial charge in [0.2, 0.25) is 5.91 Å². The lowest BCUT2D eigenvalue weighted by molar-refractivity contribution is -0.132. The number of ether oxygens (including phenoxy) is 1. The Labute approximate surface area is 123 Å². The van der Waals surface area contributed by atoms with Gasteiger partial charge in [-0.15, -0.1) is 0 Å². The van der Waals surface area contributed by atoms with Gasteiger partial charge in [0.15, 0.2) is 0 Å². The van der Waals surface area contributed by atoms with Gasteiger partial charge in [0.25, 0.3) is 0 Å². The summed E-state index contributed by atoms with van der Waals surface area (Å²) in [7, 11) is 0. The minimum atomic E-state index is -0.347. The molecule has 108 valence electrons. The highest BCUT2D eigenvalue weighted by atomic mass is 35.5. The molecule has 3 N–H and O–H groups in total. The number of carbonyl (C=O) groups excluding carboxylic acids is 1. The van der Waals surface area contributed by atoms with E-state index in [1.54, 1.807) is 0 Å². The number of benzene rings is 1. The number of rotatable bonds is 3. The molecule has 1 saturated heterocycles. The van der Waals surface area contributed by atoms with Crippen LogP contribution in [0.15, 0.2) is 18.2 Å². The number of carbonyl (C=O) groups is 1. The van der Waals surface area contributed by atoms with Crippen LogP contribution in [0.4, 0.5) is 0 Å². The third-order valence-electron chi connectivity index (χ3n) is 4.16. The van der Waals surface area contributed by atoms with E-state index in [0.29, 0.717) is 6.54 Å². The highest BCUT2D eigenvalue weighted by Crippen LogP contribution is 2.33. The summed E-state index contributed by atoms with van der Waals surface area (Å²) in [6, 6.07) is 5.95. The van der Waals surface area contributed by atoms with Crippen molar-refractivity contribution in [3.05, 3.63) is 34.3 Å². The maximum absolute atomic E-state index is 12.2. The Balaban J connectivity index is 1.64. The number of hydrogen-bond donors (Lipinski definition) is 2. The van der Waals surface area contributed by atoms with E-state index in [1.165, 1.54) is 11.1 Å². The Morgan fingerprint density at radius 1 is 1.40 bits per heavy atom. The Kier molecular flexibility index (Phi) is 3.96. The summed E-state index contributed by atoms with van der Waals surface area (Å²) < 4.78 is 5.63. The van der Waals surface area contributed by atoms with Gasteiger partial charge in [0, 0.05) is 11.6 Å². The van der Waals surface area contributed by atoms with Crippen LogP contribution in [-0.4, -0.2) is 24.7 Å². The fourth-order valence-corrected chi connectivity index (χ4v) is 3.27. The molecule has 1 aromatic carbocycles. The highest BCUT2D eigenvalue weighted by molar-refractivity contribution is 6.30. The second-order valence-corrected chi connectivity index (χ2v) is 5.94. The molecule has 0 aromatic heterocycles. The standard InChI is InChI=1S/C15H19ClN2O2/c16-10-2-4-12-9(7-10)1-5-13(12)18-15(19)14-6-3-11(8-17)20-14/h2,4,7,11,13-14H,1,3,5-6,8,17H2,(H,18,19)/t11-,13?,14+/m1/s1. The van der Waals surface area contributed by atoms with E-state index in [-0.39, 0.29) is 24.2 Å². The van der Waals surface area contributed by atoms with Crippen molar-refractivity contribution in [2.45, 2.75) is 43.9 Å². The maximum atomic E-state index is 12.2. The topological polar surface area (TPSA) is 64.4 Å². The second-order valence-electron chi connectivity index (χ2n) is 5.50. The molecule has 5 heteroatoms. The molecule has 2 aliphatic rings. The van der Waals surface area contributed by atoms with Crippen LogP contribution >= 0.6 is 11.6 Å². The van der Waals surface area contributed by atoms with E-state index in [4.69, 9.17) is 22.1 Å². The molecule has 0 saturated carbocycles. The molecule has 3 atom stereocenters. The number of halogens is 1. The fourth-order valence-electron chi connectivity index (χ4n) is 3.07. The second kappa shape index (κ2) is 5.72. The van der Waals surface area contributed by atoms with Crippen LogP contribution in [-0.2, 0) is 16.0 Å². The van der Waals surface area contributed by atoms with E-state index in [9.17, 15) is 4.79 Å². The number of hydrogen-bond acceptors (Lipinski definition) is 3. The third kappa shape index (κ3) is 2.68. The van der Waals surface area contributed by atoms with Crippen molar-refractivity contribution in [3.8, 4) is 0 Å². The molecule has 1 aliphatic heterocycles. The first kappa shape index (κ1) is 13.9. The van der Waals surface area contributed by atoms with Gasteiger partial charge in [-0.1, -0.05) is 17.7 Å². The van der Waals surface area contributed by atoms with Crippen molar-refractivity contribution >= 4 is 17.5 Å². The van der Waals surface area contributed by atoms with Gasteiger partial charge in [-0.05, 0) is 48.9 Å². The lowest BCUT2D eigenvalue weighted by atomic mass is 10.1. The number of nitrogens with two attached hydrogens (primary N) is 1. The Bertz CT molecular complexity index is 521. The molecule has 4 nitrogen and oxygen atoms in total. The van der Waals surface area contributed by atoms with E-state index in [1.807, 2.05) is 18.2 Å². The molecule has 3 rings (SSSR count). The van der Waals surface area contributed by atoms with Gasteiger partial charge in [-0.3, -0.25) is 4.79 Å². The SMILES string of the molecule is NC[C@H]1CC[C@@H](C(=O)NC2CCc3cc(Cl)ccc32)O1. The van der Waals surface area contributed by atoms with Gasteiger partial charge in [-0.2, -0.15) is 0 Å². The van der Waals surface area contributed by atoms with E-state index in [0.717, 1.165) is 30.7 Å². The summed E-state index contributed by atoms with van der Waals surface area (Å²) in [5.41, 5.74) is 7.98. The summed E-state index contributed by atoms with van der Waals surface area (Å²) in [5.74, 6) is -0.0197. The largest absolute Gasteiger partial charge is 0.364 e. The first-order valence-electron chi connectivity index (χ1n) is 7.11. The van der Waals surface area contributed by atoms with Crippen molar-refractivity contribution in [1.29, 1.82) is 0 Å². The average Bonchev–Trinajstić information content (AvgIpc) is 3.05. The van der Waals surface area contributed by atoms with Gasteiger partial charge in [-0.25, -0.2) is 0 Å². The Hall–Kier alpha value is -1.10. The normalized spacial score (nSPS) is 28.4. The van der Waals surface area contributed by atoms with Crippen molar-refractivity contribution in [3.63, 3.8) is 0 Å². The zero-order valence-electron chi connectivity index (χ0n) is 11.3. The first-order valence-corrected chi connectivity index (χ1v) is 7.49. The summed E-state index contributed by atoms with van der Waals surface area (Å²) in [6.07, 6.45) is 3.19. The molecule has 1 fully saturated rings. The van der Waals surface area contributed by atoms with Crippen LogP contribution < -0.4 is 11.1 Å². The lowest BCUT2D eigenvalue weighted by Crippen LogP contribution is -2.37. The van der Waals surface area contributed by atoms with Crippen LogP contribution in [0.2, 0.25) is 5.02 Å². The Morgan fingerprint density at radius 2 is 2.25 bits per heavy atom.